The lowest BCUT2D eigenvalue weighted by Crippen LogP contribution is -2.54. The fourth-order valence-corrected chi connectivity index (χ4v) is 2.25. The van der Waals surface area contributed by atoms with Gasteiger partial charge in [0.15, 0.2) is 0 Å². The number of ether oxygens (including phenoxy) is 1. The first-order valence-corrected chi connectivity index (χ1v) is 6.05. The molecule has 1 fully saturated rings. The van der Waals surface area contributed by atoms with E-state index >= 15 is 0 Å². The Bertz CT molecular complexity index is 221. The molecule has 0 aliphatic carbocycles. The Hall–Kier alpha value is -0.610. The van der Waals surface area contributed by atoms with Crippen LogP contribution in [0.4, 0.5) is 0 Å². The molecule has 2 unspecified atom stereocenters. The van der Waals surface area contributed by atoms with Crippen LogP contribution < -0.4 is 0 Å². The summed E-state index contributed by atoms with van der Waals surface area (Å²) in [6.07, 6.45) is 1.43. The molecule has 1 aliphatic rings. The van der Waals surface area contributed by atoms with Crippen LogP contribution in [0.5, 0.6) is 0 Å². The average molecular weight is 228 g/mol. The molecule has 2 atom stereocenters. The zero-order chi connectivity index (χ0) is 12.1. The maximum absolute atomic E-state index is 11.0. The van der Waals surface area contributed by atoms with Crippen molar-refractivity contribution in [2.45, 2.75) is 38.8 Å². The molecule has 1 rings (SSSR count). The van der Waals surface area contributed by atoms with E-state index in [0.717, 1.165) is 26.1 Å². The van der Waals surface area contributed by atoms with Crippen LogP contribution in [-0.2, 0) is 9.53 Å². The molecule has 1 aliphatic heterocycles. The average Bonchev–Trinajstić information content (AvgIpc) is 2.25. The lowest BCUT2D eigenvalue weighted by atomic mass is 10.1. The first-order chi connectivity index (χ1) is 7.54. The number of hydrogen-bond acceptors (Lipinski definition) is 4. The van der Waals surface area contributed by atoms with Crippen LogP contribution in [0.3, 0.4) is 0 Å². The second-order valence-electron chi connectivity index (χ2n) is 4.80. The van der Waals surface area contributed by atoms with Gasteiger partial charge in [0.2, 0.25) is 0 Å². The molecule has 4 nitrogen and oxygen atoms in total. The van der Waals surface area contributed by atoms with E-state index < -0.39 is 0 Å². The zero-order valence-electron chi connectivity index (χ0n) is 10.9. The maximum atomic E-state index is 11.0. The third-order valence-electron chi connectivity index (χ3n) is 3.52. The molecule has 0 aromatic carbocycles. The number of methoxy groups -OCH3 is 1. The van der Waals surface area contributed by atoms with Crippen molar-refractivity contribution in [2.24, 2.45) is 0 Å². The van der Waals surface area contributed by atoms with Crippen LogP contribution in [0.2, 0.25) is 0 Å². The second kappa shape index (κ2) is 6.21. The Morgan fingerprint density at radius 1 is 1.31 bits per heavy atom. The van der Waals surface area contributed by atoms with Crippen molar-refractivity contribution < 1.29 is 9.53 Å². The number of hydrogen-bond donors (Lipinski definition) is 0. The van der Waals surface area contributed by atoms with Gasteiger partial charge in [0.25, 0.3) is 0 Å². The molecule has 0 N–H and O–H groups in total. The smallest absolute Gasteiger partial charge is 0.305 e. The molecule has 94 valence electrons. The summed E-state index contributed by atoms with van der Waals surface area (Å²) in [5.41, 5.74) is 0. The van der Waals surface area contributed by atoms with Gasteiger partial charge in [-0.15, -0.1) is 0 Å². The SMILES string of the molecule is COC(=O)CCCN1CC(C)N(C)C(C)C1. The van der Waals surface area contributed by atoms with E-state index in [2.05, 4.69) is 35.4 Å². The van der Waals surface area contributed by atoms with Crippen molar-refractivity contribution in [3.05, 3.63) is 0 Å². The Labute approximate surface area is 98.5 Å². The summed E-state index contributed by atoms with van der Waals surface area (Å²) in [5, 5.41) is 0. The monoisotopic (exact) mass is 228 g/mol. The molecule has 0 bridgehead atoms. The predicted molar refractivity (Wildman–Crippen MR) is 64.4 cm³/mol. The van der Waals surface area contributed by atoms with Crippen molar-refractivity contribution in [3.8, 4) is 0 Å². The van der Waals surface area contributed by atoms with Crippen LogP contribution >= 0.6 is 0 Å². The topological polar surface area (TPSA) is 32.8 Å². The minimum atomic E-state index is -0.102. The van der Waals surface area contributed by atoms with Crippen LogP contribution in [0.1, 0.15) is 26.7 Å². The highest BCUT2D eigenvalue weighted by Crippen LogP contribution is 2.13. The molecule has 0 saturated carbocycles. The highest BCUT2D eigenvalue weighted by molar-refractivity contribution is 5.69. The summed E-state index contributed by atoms with van der Waals surface area (Å²) in [6.45, 7) is 7.70. The fourth-order valence-electron chi connectivity index (χ4n) is 2.25. The van der Waals surface area contributed by atoms with Crippen LogP contribution in [-0.4, -0.2) is 61.6 Å². The molecule has 4 heteroatoms. The van der Waals surface area contributed by atoms with Gasteiger partial charge in [-0.2, -0.15) is 0 Å². The molecule has 16 heavy (non-hydrogen) atoms. The first-order valence-electron chi connectivity index (χ1n) is 6.05. The minimum absolute atomic E-state index is 0.102. The summed E-state index contributed by atoms with van der Waals surface area (Å²) in [6, 6.07) is 1.20. The van der Waals surface area contributed by atoms with E-state index in [9.17, 15) is 4.79 Å². The maximum Gasteiger partial charge on any atom is 0.305 e. The van der Waals surface area contributed by atoms with Crippen molar-refractivity contribution >= 4 is 5.97 Å². The van der Waals surface area contributed by atoms with Gasteiger partial charge in [-0.3, -0.25) is 9.69 Å². The quantitative estimate of drug-likeness (QED) is 0.671. The largest absolute Gasteiger partial charge is 0.469 e. The molecule has 1 heterocycles. The number of esters is 1. The van der Waals surface area contributed by atoms with E-state index in [-0.39, 0.29) is 5.97 Å². The van der Waals surface area contributed by atoms with Gasteiger partial charge in [0.05, 0.1) is 7.11 Å². The molecular weight excluding hydrogens is 204 g/mol. The van der Waals surface area contributed by atoms with Gasteiger partial charge in [0.1, 0.15) is 0 Å². The number of likely N-dealkylation sites (N-methyl/N-ethyl adjacent to an activating group) is 1. The molecule has 0 aromatic rings. The molecule has 0 spiro atoms. The molecule has 1 saturated heterocycles. The fraction of sp³-hybridized carbons (Fsp3) is 0.917. The number of carbonyl (C=O) groups excluding carboxylic acids is 1. The standard InChI is InChI=1S/C12H24N2O2/c1-10-8-14(9-11(2)13(10)3)7-5-6-12(15)16-4/h10-11H,5-9H2,1-4H3. The highest BCUT2D eigenvalue weighted by Gasteiger charge is 2.25. The Morgan fingerprint density at radius 2 is 1.88 bits per heavy atom. The zero-order valence-corrected chi connectivity index (χ0v) is 10.9. The second-order valence-corrected chi connectivity index (χ2v) is 4.80. The van der Waals surface area contributed by atoms with Crippen molar-refractivity contribution in [1.29, 1.82) is 0 Å². The van der Waals surface area contributed by atoms with Crippen molar-refractivity contribution in [3.63, 3.8) is 0 Å². The summed E-state index contributed by atoms with van der Waals surface area (Å²) in [7, 11) is 3.63. The van der Waals surface area contributed by atoms with Crippen LogP contribution in [0, 0.1) is 0 Å². The lowest BCUT2D eigenvalue weighted by molar-refractivity contribution is -0.140. The van der Waals surface area contributed by atoms with E-state index in [4.69, 9.17) is 0 Å². The summed E-state index contributed by atoms with van der Waals surface area (Å²) in [5.74, 6) is -0.102. The van der Waals surface area contributed by atoms with Crippen molar-refractivity contribution in [1.82, 2.24) is 9.80 Å². The van der Waals surface area contributed by atoms with Gasteiger partial charge >= 0.3 is 5.97 Å². The predicted octanol–water partition coefficient (Wildman–Crippen LogP) is 0.964. The third-order valence-corrected chi connectivity index (χ3v) is 3.52. The van der Waals surface area contributed by atoms with Crippen LogP contribution in [0.25, 0.3) is 0 Å². The van der Waals surface area contributed by atoms with Crippen molar-refractivity contribution in [2.75, 3.05) is 33.8 Å². The minimum Gasteiger partial charge on any atom is -0.469 e. The highest BCUT2D eigenvalue weighted by atomic mass is 16.5. The van der Waals surface area contributed by atoms with E-state index in [0.29, 0.717) is 18.5 Å². The van der Waals surface area contributed by atoms with E-state index in [1.54, 1.807) is 0 Å². The molecule has 0 radical (unpaired) electrons. The number of rotatable bonds is 4. The van der Waals surface area contributed by atoms with Gasteiger partial charge < -0.3 is 9.64 Å². The molecule has 0 aromatic heterocycles. The van der Waals surface area contributed by atoms with E-state index in [1.807, 2.05) is 0 Å². The third kappa shape index (κ3) is 3.76. The first kappa shape index (κ1) is 13.5. The number of piperazine rings is 1. The summed E-state index contributed by atoms with van der Waals surface area (Å²) in [4.78, 5) is 15.8. The summed E-state index contributed by atoms with van der Waals surface area (Å²) >= 11 is 0. The molecule has 0 amide bonds. The van der Waals surface area contributed by atoms with Crippen LogP contribution in [0.15, 0.2) is 0 Å². The molecular formula is C12H24N2O2. The van der Waals surface area contributed by atoms with Gasteiger partial charge in [0, 0.05) is 31.6 Å². The number of nitrogens with zero attached hydrogens (tertiary/aromatic N) is 2. The lowest BCUT2D eigenvalue weighted by Gasteiger charge is -2.42. The van der Waals surface area contributed by atoms with Gasteiger partial charge in [-0.25, -0.2) is 0 Å². The van der Waals surface area contributed by atoms with Gasteiger partial charge in [-0.1, -0.05) is 0 Å². The van der Waals surface area contributed by atoms with E-state index in [1.165, 1.54) is 7.11 Å². The summed E-state index contributed by atoms with van der Waals surface area (Å²) < 4.78 is 4.63. The Morgan fingerprint density at radius 3 is 2.38 bits per heavy atom. The Balaban J connectivity index is 2.25. The number of carbonyl (C=O) groups is 1. The van der Waals surface area contributed by atoms with Gasteiger partial charge in [-0.05, 0) is 33.9 Å². The Kier molecular flexibility index (Phi) is 5.22. The normalized spacial score (nSPS) is 28.0.